The number of benzene rings is 1. The highest BCUT2D eigenvalue weighted by molar-refractivity contribution is 8.16. The summed E-state index contributed by atoms with van der Waals surface area (Å²) in [5, 5.41) is 8.48. The summed E-state index contributed by atoms with van der Waals surface area (Å²) in [6.45, 7) is 0. The van der Waals surface area contributed by atoms with Crippen LogP contribution in [0.15, 0.2) is 29.3 Å². The highest BCUT2D eigenvalue weighted by Crippen LogP contribution is 2.41. The van der Waals surface area contributed by atoms with Gasteiger partial charge in [-0.25, -0.2) is 8.42 Å². The SMILES string of the molecule is N#CCC(=O)N=C1S[C@H]2CS(=O)(=O)C[C@H]2N1c1ccc(OC(F)(F)F)cc1. The zero-order chi connectivity index (χ0) is 19.8. The number of anilines is 1. The van der Waals surface area contributed by atoms with Crippen molar-refractivity contribution in [1.29, 1.82) is 5.26 Å². The number of hydrogen-bond acceptors (Lipinski definition) is 6. The maximum Gasteiger partial charge on any atom is 0.573 e. The van der Waals surface area contributed by atoms with Crippen LogP contribution in [-0.4, -0.2) is 48.7 Å². The van der Waals surface area contributed by atoms with Crippen LogP contribution >= 0.6 is 11.8 Å². The number of carbonyl (C=O) groups excluding carboxylic acids is 1. The third-order valence-electron chi connectivity index (χ3n) is 3.87. The Hall–Kier alpha value is -2.26. The maximum atomic E-state index is 12.3. The Morgan fingerprint density at radius 1 is 1.33 bits per heavy atom. The molecule has 0 radical (unpaired) electrons. The van der Waals surface area contributed by atoms with E-state index in [-0.39, 0.29) is 21.9 Å². The molecule has 0 bridgehead atoms. The van der Waals surface area contributed by atoms with Crippen LogP contribution in [0, 0.1) is 11.3 Å². The number of nitrogens with zero attached hydrogens (tertiary/aromatic N) is 3. The Morgan fingerprint density at radius 2 is 2.00 bits per heavy atom. The molecule has 1 amide bonds. The third kappa shape index (κ3) is 4.54. The van der Waals surface area contributed by atoms with Gasteiger partial charge in [0.05, 0.1) is 23.6 Å². The van der Waals surface area contributed by atoms with Crippen molar-refractivity contribution >= 4 is 38.4 Å². The van der Waals surface area contributed by atoms with Gasteiger partial charge in [-0.2, -0.15) is 10.3 Å². The van der Waals surface area contributed by atoms with Gasteiger partial charge in [0.2, 0.25) is 0 Å². The predicted molar refractivity (Wildman–Crippen MR) is 92.1 cm³/mol. The lowest BCUT2D eigenvalue weighted by Crippen LogP contribution is -2.37. The number of sulfone groups is 1. The van der Waals surface area contributed by atoms with Gasteiger partial charge in [0.15, 0.2) is 15.0 Å². The summed E-state index contributed by atoms with van der Waals surface area (Å²) < 4.78 is 64.6. The lowest BCUT2D eigenvalue weighted by atomic mass is 10.2. The lowest BCUT2D eigenvalue weighted by Gasteiger charge is -2.24. The average molecular weight is 419 g/mol. The minimum Gasteiger partial charge on any atom is -0.406 e. The molecule has 0 N–H and O–H groups in total. The minimum atomic E-state index is -4.83. The second-order valence-electron chi connectivity index (χ2n) is 5.84. The first kappa shape index (κ1) is 19.5. The van der Waals surface area contributed by atoms with Crippen molar-refractivity contribution in [1.82, 2.24) is 0 Å². The number of amidine groups is 1. The number of thioether (sulfide) groups is 1. The molecule has 0 spiro atoms. The van der Waals surface area contributed by atoms with E-state index >= 15 is 0 Å². The van der Waals surface area contributed by atoms with E-state index in [0.717, 1.165) is 23.9 Å². The van der Waals surface area contributed by atoms with Crippen molar-refractivity contribution in [2.24, 2.45) is 4.99 Å². The number of alkyl halides is 3. The van der Waals surface area contributed by atoms with Crippen LogP contribution in [0.2, 0.25) is 0 Å². The number of rotatable bonds is 3. The van der Waals surface area contributed by atoms with Crippen molar-refractivity contribution in [3.05, 3.63) is 24.3 Å². The van der Waals surface area contributed by atoms with Crippen molar-refractivity contribution in [2.75, 3.05) is 16.4 Å². The number of nitriles is 1. The summed E-state index contributed by atoms with van der Waals surface area (Å²) in [7, 11) is -3.27. The number of carbonyl (C=O) groups is 1. The van der Waals surface area contributed by atoms with Crippen LogP contribution in [-0.2, 0) is 14.6 Å². The molecule has 0 unspecified atom stereocenters. The second kappa shape index (κ2) is 7.05. The van der Waals surface area contributed by atoms with Crippen molar-refractivity contribution in [2.45, 2.75) is 24.1 Å². The van der Waals surface area contributed by atoms with Crippen LogP contribution in [0.4, 0.5) is 18.9 Å². The highest BCUT2D eigenvalue weighted by atomic mass is 32.2. The topological polar surface area (TPSA) is 99.8 Å². The molecule has 2 aliphatic rings. The number of aliphatic imine (C=N–C) groups is 1. The number of hydrogen-bond donors (Lipinski definition) is 0. The molecular formula is C15H12F3N3O4S2. The number of fused-ring (bicyclic) bond motifs is 1. The fourth-order valence-electron chi connectivity index (χ4n) is 2.89. The summed E-state index contributed by atoms with van der Waals surface area (Å²) in [6.07, 6.45) is -5.25. The van der Waals surface area contributed by atoms with Crippen LogP contribution in [0.3, 0.4) is 0 Å². The van der Waals surface area contributed by atoms with Crippen LogP contribution in [0.5, 0.6) is 5.75 Å². The van der Waals surface area contributed by atoms with Gasteiger partial charge < -0.3 is 9.64 Å². The molecule has 1 aromatic rings. The maximum absolute atomic E-state index is 12.3. The molecule has 2 atom stereocenters. The Labute approximate surface area is 156 Å². The molecule has 0 aliphatic carbocycles. The summed E-state index contributed by atoms with van der Waals surface area (Å²) in [4.78, 5) is 17.1. The predicted octanol–water partition coefficient (Wildman–Crippen LogP) is 2.10. The Bertz CT molecular complexity index is 923. The molecule has 1 aromatic carbocycles. The quantitative estimate of drug-likeness (QED) is 0.740. The first-order valence-electron chi connectivity index (χ1n) is 7.58. The Kier molecular flexibility index (Phi) is 5.09. The van der Waals surface area contributed by atoms with E-state index in [1.165, 1.54) is 17.0 Å². The molecule has 3 rings (SSSR count). The summed E-state index contributed by atoms with van der Waals surface area (Å²) in [6, 6.07) is 6.05. The molecule has 0 saturated carbocycles. The van der Waals surface area contributed by atoms with Crippen LogP contribution in [0.25, 0.3) is 0 Å². The van der Waals surface area contributed by atoms with E-state index in [0.29, 0.717) is 5.69 Å². The first-order valence-corrected chi connectivity index (χ1v) is 10.3. The van der Waals surface area contributed by atoms with Gasteiger partial charge in [0.25, 0.3) is 5.91 Å². The Balaban J connectivity index is 1.92. The molecule has 2 heterocycles. The van der Waals surface area contributed by atoms with Gasteiger partial charge in [-0.1, -0.05) is 11.8 Å². The van der Waals surface area contributed by atoms with E-state index < -0.39 is 40.3 Å². The van der Waals surface area contributed by atoms with Crippen LogP contribution in [0.1, 0.15) is 6.42 Å². The van der Waals surface area contributed by atoms with E-state index in [9.17, 15) is 26.4 Å². The molecular weight excluding hydrogens is 407 g/mol. The van der Waals surface area contributed by atoms with Crippen molar-refractivity contribution in [3.8, 4) is 11.8 Å². The van der Waals surface area contributed by atoms with Gasteiger partial charge in [0.1, 0.15) is 12.2 Å². The van der Waals surface area contributed by atoms with E-state index in [1.807, 2.05) is 0 Å². The van der Waals surface area contributed by atoms with E-state index in [4.69, 9.17) is 5.26 Å². The standard InChI is InChI=1S/C15H12F3N3O4S2/c16-15(17,18)25-10-3-1-9(2-4-10)21-11-7-27(23,24)8-12(11)26-14(21)20-13(22)5-6-19/h1-4,11-12H,5,7-8H2/t11-,12+/m1/s1. The normalized spacial score (nSPS) is 25.3. The second-order valence-corrected chi connectivity index (χ2v) is 9.20. The van der Waals surface area contributed by atoms with Gasteiger partial charge in [-0.15, -0.1) is 13.2 Å². The largest absolute Gasteiger partial charge is 0.573 e. The molecule has 2 aliphatic heterocycles. The van der Waals surface area contributed by atoms with Crippen molar-refractivity contribution < 1.29 is 31.1 Å². The highest BCUT2D eigenvalue weighted by Gasteiger charge is 2.49. The first-order chi connectivity index (χ1) is 12.6. The smallest absolute Gasteiger partial charge is 0.406 e. The van der Waals surface area contributed by atoms with Gasteiger partial charge in [-0.05, 0) is 24.3 Å². The molecule has 2 saturated heterocycles. The molecule has 2 fully saturated rings. The molecule has 0 aromatic heterocycles. The van der Waals surface area contributed by atoms with Gasteiger partial charge >= 0.3 is 6.36 Å². The van der Waals surface area contributed by atoms with E-state index in [1.54, 1.807) is 6.07 Å². The third-order valence-corrected chi connectivity index (χ3v) is 7.08. The molecule has 27 heavy (non-hydrogen) atoms. The fourth-order valence-corrected chi connectivity index (χ4v) is 6.82. The number of ether oxygens (including phenoxy) is 1. The molecule has 12 heteroatoms. The average Bonchev–Trinajstić information content (AvgIpc) is 2.98. The monoisotopic (exact) mass is 419 g/mol. The minimum absolute atomic E-state index is 0.0838. The van der Waals surface area contributed by atoms with Crippen molar-refractivity contribution in [3.63, 3.8) is 0 Å². The van der Waals surface area contributed by atoms with Gasteiger partial charge in [0, 0.05) is 10.9 Å². The zero-order valence-corrected chi connectivity index (χ0v) is 15.1. The molecule has 7 nitrogen and oxygen atoms in total. The number of amides is 1. The zero-order valence-electron chi connectivity index (χ0n) is 13.5. The lowest BCUT2D eigenvalue weighted by molar-refractivity contribution is -0.274. The van der Waals surface area contributed by atoms with E-state index in [2.05, 4.69) is 9.73 Å². The summed E-state index contributed by atoms with van der Waals surface area (Å²) >= 11 is 1.11. The molecule has 144 valence electrons. The van der Waals surface area contributed by atoms with Gasteiger partial charge in [-0.3, -0.25) is 4.79 Å². The summed E-state index contributed by atoms with van der Waals surface area (Å²) in [5.74, 6) is -1.34. The van der Waals surface area contributed by atoms with Crippen LogP contribution < -0.4 is 9.64 Å². The Morgan fingerprint density at radius 3 is 2.59 bits per heavy atom. The summed E-state index contributed by atoms with van der Waals surface area (Å²) in [5.41, 5.74) is 0.380. The fraction of sp³-hybridized carbons (Fsp3) is 0.400. The number of halogens is 3.